The average molecular weight is 444 g/mol. The molecule has 0 saturated heterocycles. The van der Waals surface area contributed by atoms with Gasteiger partial charge in [0.05, 0.1) is 5.92 Å². The highest BCUT2D eigenvalue weighted by Crippen LogP contribution is 2.36. The van der Waals surface area contributed by atoms with Gasteiger partial charge in [-0.15, -0.1) is 0 Å². The number of carbonyl (C=O) groups is 2. The third kappa shape index (κ3) is 5.56. The van der Waals surface area contributed by atoms with Gasteiger partial charge in [0, 0.05) is 23.3 Å². The van der Waals surface area contributed by atoms with Crippen LogP contribution in [0.15, 0.2) is 30.5 Å². The average Bonchev–Trinajstić information content (AvgIpc) is 3.12. The van der Waals surface area contributed by atoms with Crippen LogP contribution >= 0.6 is 11.6 Å². The zero-order chi connectivity index (χ0) is 22.8. The number of anilines is 2. The lowest BCUT2D eigenvalue weighted by Crippen LogP contribution is -2.36. The minimum atomic E-state index is -0.621. The molecule has 3 atom stereocenters. The lowest BCUT2D eigenvalue weighted by atomic mass is 9.82. The number of carbonyl (C=O) groups excluding carboxylic acids is 2. The fraction of sp³-hybridized carbons (Fsp3) is 0.455. The van der Waals surface area contributed by atoms with Gasteiger partial charge < -0.3 is 20.6 Å². The van der Waals surface area contributed by atoms with E-state index in [0.29, 0.717) is 35.8 Å². The Bertz CT molecular complexity index is 1000. The second kappa shape index (κ2) is 8.98. The smallest absolute Gasteiger partial charge is 0.309 e. The number of amides is 1. The van der Waals surface area contributed by atoms with Gasteiger partial charge in [-0.05, 0) is 57.9 Å². The van der Waals surface area contributed by atoms with Crippen molar-refractivity contribution in [3.05, 3.63) is 52.5 Å². The van der Waals surface area contributed by atoms with E-state index in [-0.39, 0.29) is 23.5 Å². The lowest BCUT2D eigenvalue weighted by molar-refractivity contribution is -0.161. The summed E-state index contributed by atoms with van der Waals surface area (Å²) in [4.78, 5) is 28.2. The molecule has 2 aromatic rings. The molecule has 164 valence electrons. The molecule has 1 aromatic carbocycles. The number of ether oxygens (including phenoxy) is 1. The number of nitrogens with zero attached hydrogens (tertiary/aromatic N) is 3. The fourth-order valence-corrected chi connectivity index (χ4v) is 3.81. The number of rotatable bonds is 5. The number of hydrogen-bond donors (Lipinski definition) is 2. The molecule has 31 heavy (non-hydrogen) atoms. The molecular formula is C22H26ClN5O3. The van der Waals surface area contributed by atoms with Crippen molar-refractivity contribution in [1.29, 1.82) is 0 Å². The van der Waals surface area contributed by atoms with Gasteiger partial charge in [0.2, 0.25) is 6.04 Å². The van der Waals surface area contributed by atoms with Crippen molar-refractivity contribution in [3.8, 4) is 0 Å². The maximum Gasteiger partial charge on any atom is 0.309 e. The van der Waals surface area contributed by atoms with Crippen LogP contribution in [0.5, 0.6) is 0 Å². The summed E-state index contributed by atoms with van der Waals surface area (Å²) in [6, 6.07) is 6.24. The van der Waals surface area contributed by atoms with E-state index in [9.17, 15) is 9.59 Å². The molecule has 1 heterocycles. The van der Waals surface area contributed by atoms with Crippen LogP contribution in [0.1, 0.15) is 56.4 Å². The topological polar surface area (TPSA) is 104 Å². The summed E-state index contributed by atoms with van der Waals surface area (Å²) in [5.74, 6) is -0.910. The van der Waals surface area contributed by atoms with E-state index in [1.54, 1.807) is 35.1 Å². The molecule has 0 radical (unpaired) electrons. The molecule has 1 fully saturated rings. The SMILES string of the molecule is [C-]#[N+][C@H]1C[C@@H](C(=O)OC(C)(C)C)CC[C@@H]1n1cc(C(N)=O)c(Nc2ccc(Cl)cc2)n1. The number of hydrogen-bond acceptors (Lipinski definition) is 5. The minimum Gasteiger partial charge on any atom is -0.460 e. The minimum absolute atomic E-state index is 0.230. The molecule has 1 aliphatic carbocycles. The standard InChI is InChI=1S/C22H26ClN5O3/c1-22(2,3)31-21(30)13-5-10-18(17(11-13)25-4)28-12-16(19(24)29)20(27-28)26-15-8-6-14(23)7-9-15/h6-9,12-13,17-18H,5,10-11H2,1-3H3,(H2,24,29)(H,26,27)/t13-,17-,18-/m0/s1. The van der Waals surface area contributed by atoms with Crippen molar-refractivity contribution in [1.82, 2.24) is 9.78 Å². The second-order valence-corrected chi connectivity index (χ2v) is 9.11. The van der Waals surface area contributed by atoms with Crippen LogP contribution in [0.3, 0.4) is 0 Å². The number of benzene rings is 1. The first-order valence-electron chi connectivity index (χ1n) is 10.1. The van der Waals surface area contributed by atoms with Gasteiger partial charge in [-0.2, -0.15) is 5.10 Å². The zero-order valence-corrected chi connectivity index (χ0v) is 18.5. The Morgan fingerprint density at radius 3 is 2.55 bits per heavy atom. The normalized spacial score (nSPS) is 21.2. The first kappa shape index (κ1) is 22.6. The largest absolute Gasteiger partial charge is 0.460 e. The van der Waals surface area contributed by atoms with E-state index in [2.05, 4.69) is 15.3 Å². The van der Waals surface area contributed by atoms with Gasteiger partial charge in [-0.25, -0.2) is 6.57 Å². The summed E-state index contributed by atoms with van der Waals surface area (Å²) in [7, 11) is 0. The number of esters is 1. The highest BCUT2D eigenvalue weighted by Gasteiger charge is 2.41. The molecule has 1 amide bonds. The Labute approximate surface area is 186 Å². The summed E-state index contributed by atoms with van der Waals surface area (Å²) in [6.45, 7) is 13.1. The number of aromatic nitrogens is 2. The van der Waals surface area contributed by atoms with Crippen LogP contribution in [0.2, 0.25) is 5.02 Å². The van der Waals surface area contributed by atoms with Gasteiger partial charge in [0.25, 0.3) is 5.91 Å². The molecule has 1 saturated carbocycles. The van der Waals surface area contributed by atoms with E-state index in [1.807, 2.05) is 20.8 Å². The van der Waals surface area contributed by atoms with Crippen LogP contribution in [0.4, 0.5) is 11.5 Å². The first-order valence-corrected chi connectivity index (χ1v) is 10.5. The molecule has 9 heteroatoms. The Morgan fingerprint density at radius 1 is 1.29 bits per heavy atom. The highest BCUT2D eigenvalue weighted by atomic mass is 35.5. The summed E-state index contributed by atoms with van der Waals surface area (Å²) in [5.41, 5.74) is 5.91. The van der Waals surface area contributed by atoms with Crippen molar-refractivity contribution in [3.63, 3.8) is 0 Å². The van der Waals surface area contributed by atoms with Crippen molar-refractivity contribution < 1.29 is 14.3 Å². The molecule has 1 aromatic heterocycles. The molecule has 1 aliphatic rings. The molecule has 0 aliphatic heterocycles. The van der Waals surface area contributed by atoms with Gasteiger partial charge in [-0.3, -0.25) is 14.3 Å². The van der Waals surface area contributed by atoms with Crippen molar-refractivity contribution >= 4 is 35.0 Å². The van der Waals surface area contributed by atoms with E-state index in [4.69, 9.17) is 28.6 Å². The number of primary amides is 1. The van der Waals surface area contributed by atoms with E-state index in [1.165, 1.54) is 0 Å². The number of nitrogens with two attached hydrogens (primary N) is 1. The summed E-state index contributed by atoms with van der Waals surface area (Å²) in [5, 5.41) is 8.19. The summed E-state index contributed by atoms with van der Waals surface area (Å²) in [6.07, 6.45) is 3.10. The first-order chi connectivity index (χ1) is 14.6. The molecule has 3 N–H and O–H groups in total. The third-order valence-electron chi connectivity index (χ3n) is 5.13. The molecule has 8 nitrogen and oxygen atoms in total. The van der Waals surface area contributed by atoms with Crippen molar-refractivity contribution in [2.45, 2.75) is 57.7 Å². The fourth-order valence-electron chi connectivity index (χ4n) is 3.68. The molecule has 0 unspecified atom stereocenters. The zero-order valence-electron chi connectivity index (χ0n) is 17.8. The summed E-state index contributed by atoms with van der Waals surface area (Å²) >= 11 is 5.92. The van der Waals surface area contributed by atoms with Gasteiger partial charge in [0.1, 0.15) is 17.2 Å². The lowest BCUT2D eigenvalue weighted by Gasteiger charge is -2.30. The van der Waals surface area contributed by atoms with Gasteiger partial charge >= 0.3 is 5.97 Å². The van der Waals surface area contributed by atoms with E-state index >= 15 is 0 Å². The predicted octanol–water partition coefficient (Wildman–Crippen LogP) is 4.35. The Hall–Kier alpha value is -3.05. The molecule has 0 bridgehead atoms. The van der Waals surface area contributed by atoms with Crippen LogP contribution in [0.25, 0.3) is 4.85 Å². The maximum absolute atomic E-state index is 12.5. The number of halogens is 1. The molecule has 0 spiro atoms. The highest BCUT2D eigenvalue weighted by molar-refractivity contribution is 6.30. The van der Waals surface area contributed by atoms with Crippen molar-refractivity contribution in [2.75, 3.05) is 5.32 Å². The second-order valence-electron chi connectivity index (χ2n) is 8.67. The quantitative estimate of drug-likeness (QED) is 0.528. The maximum atomic E-state index is 12.5. The predicted molar refractivity (Wildman–Crippen MR) is 118 cm³/mol. The van der Waals surface area contributed by atoms with Crippen LogP contribution < -0.4 is 11.1 Å². The molecule has 3 rings (SSSR count). The third-order valence-corrected chi connectivity index (χ3v) is 5.38. The van der Waals surface area contributed by atoms with Crippen LogP contribution in [-0.4, -0.2) is 33.3 Å². The van der Waals surface area contributed by atoms with Crippen LogP contribution in [-0.2, 0) is 9.53 Å². The van der Waals surface area contributed by atoms with Crippen LogP contribution in [0, 0.1) is 12.5 Å². The van der Waals surface area contributed by atoms with E-state index in [0.717, 1.165) is 0 Å². The Morgan fingerprint density at radius 2 is 1.97 bits per heavy atom. The van der Waals surface area contributed by atoms with Gasteiger partial charge in [0.15, 0.2) is 5.82 Å². The Balaban J connectivity index is 1.80. The monoisotopic (exact) mass is 443 g/mol. The molecular weight excluding hydrogens is 418 g/mol. The number of nitrogens with one attached hydrogen (secondary N) is 1. The van der Waals surface area contributed by atoms with E-state index < -0.39 is 17.6 Å². The van der Waals surface area contributed by atoms with Gasteiger partial charge in [-0.1, -0.05) is 11.6 Å². The Kier molecular flexibility index (Phi) is 6.56. The summed E-state index contributed by atoms with van der Waals surface area (Å²) < 4.78 is 7.11. The van der Waals surface area contributed by atoms with Crippen molar-refractivity contribution in [2.24, 2.45) is 11.7 Å².